The Morgan fingerprint density at radius 3 is 2.59 bits per heavy atom. The zero-order valence-corrected chi connectivity index (χ0v) is 22.1. The molecule has 0 aromatic heterocycles. The molecule has 2 aliphatic rings. The largest absolute Gasteiger partial charge is 0.493 e. The van der Waals surface area contributed by atoms with Gasteiger partial charge in [0.1, 0.15) is 5.75 Å². The number of likely N-dealkylation sites (tertiary alicyclic amines) is 1. The Morgan fingerprint density at radius 1 is 0.919 bits per heavy atom. The van der Waals surface area contributed by atoms with Gasteiger partial charge >= 0.3 is 0 Å². The van der Waals surface area contributed by atoms with Gasteiger partial charge in [-0.3, -0.25) is 4.79 Å². The topological polar surface area (TPSA) is 51.2 Å². The van der Waals surface area contributed by atoms with Crippen molar-refractivity contribution in [3.63, 3.8) is 0 Å². The fraction of sp³-hybridized carbons (Fsp3) is 0.452. The molecule has 1 fully saturated rings. The summed E-state index contributed by atoms with van der Waals surface area (Å²) in [5, 5.41) is 2.39. The number of rotatable bonds is 10. The first-order valence-corrected chi connectivity index (χ1v) is 13.5. The van der Waals surface area contributed by atoms with E-state index >= 15 is 0 Å². The lowest BCUT2D eigenvalue weighted by molar-refractivity contribution is 0.0659. The summed E-state index contributed by atoms with van der Waals surface area (Å²) in [7, 11) is 3.25. The van der Waals surface area contributed by atoms with Crippen LogP contribution in [-0.2, 0) is 6.42 Å². The lowest BCUT2D eigenvalue weighted by Crippen LogP contribution is -2.45. The second kappa shape index (κ2) is 11.9. The summed E-state index contributed by atoms with van der Waals surface area (Å²) in [6.45, 7) is 5.63. The number of nitrogens with zero attached hydrogens (tertiary/aromatic N) is 2. The first kappa shape index (κ1) is 25.4. The van der Waals surface area contributed by atoms with Crippen LogP contribution in [0.25, 0.3) is 10.8 Å². The number of hydrogen-bond donors (Lipinski definition) is 0. The van der Waals surface area contributed by atoms with Crippen LogP contribution in [0.3, 0.4) is 0 Å². The second-order valence-corrected chi connectivity index (χ2v) is 10.2. The van der Waals surface area contributed by atoms with E-state index in [-0.39, 0.29) is 5.91 Å². The number of benzene rings is 3. The first-order valence-electron chi connectivity index (χ1n) is 13.5. The van der Waals surface area contributed by atoms with Gasteiger partial charge in [-0.2, -0.15) is 0 Å². The van der Waals surface area contributed by atoms with Gasteiger partial charge in [-0.1, -0.05) is 36.4 Å². The molecule has 196 valence electrons. The van der Waals surface area contributed by atoms with Gasteiger partial charge in [0.15, 0.2) is 11.5 Å². The molecule has 6 nitrogen and oxygen atoms in total. The van der Waals surface area contributed by atoms with Crippen LogP contribution in [0.15, 0.2) is 54.6 Å². The number of carbonyl (C=O) groups excluding carboxylic acids is 1. The number of ether oxygens (including phenoxy) is 3. The third-order valence-electron chi connectivity index (χ3n) is 7.74. The minimum atomic E-state index is 0.116. The molecule has 2 aliphatic heterocycles. The maximum Gasteiger partial charge on any atom is 0.254 e. The molecule has 1 atom stereocenters. The summed E-state index contributed by atoms with van der Waals surface area (Å²) >= 11 is 0. The van der Waals surface area contributed by atoms with Crippen molar-refractivity contribution in [1.29, 1.82) is 0 Å². The number of carbonyl (C=O) groups is 1. The van der Waals surface area contributed by atoms with Crippen molar-refractivity contribution in [2.24, 2.45) is 5.92 Å². The van der Waals surface area contributed by atoms with Crippen LogP contribution in [0.5, 0.6) is 17.2 Å². The standard InChI is InChI=1S/C31H38N2O4/c1-35-29-19-25-14-17-33(31(34)27(25)20-30(29)36-2)22-23-9-8-16-32(21-23)15-5-6-18-37-28-13-7-11-24-10-3-4-12-26(24)28/h3-4,7,10-13,19-20,23H,5-6,8-9,14-18,21-22H2,1-2H3. The highest BCUT2D eigenvalue weighted by Gasteiger charge is 2.29. The molecule has 5 rings (SSSR count). The third-order valence-corrected chi connectivity index (χ3v) is 7.74. The normalized spacial score (nSPS) is 18.1. The first-order chi connectivity index (χ1) is 18.2. The molecule has 0 saturated carbocycles. The number of amides is 1. The quantitative estimate of drug-likeness (QED) is 0.346. The second-order valence-electron chi connectivity index (χ2n) is 10.2. The number of piperidine rings is 1. The minimum absolute atomic E-state index is 0.116. The molecule has 0 bridgehead atoms. The smallest absolute Gasteiger partial charge is 0.254 e. The van der Waals surface area contributed by atoms with Gasteiger partial charge in [-0.25, -0.2) is 0 Å². The van der Waals surface area contributed by atoms with Crippen LogP contribution < -0.4 is 14.2 Å². The van der Waals surface area contributed by atoms with Crippen molar-refractivity contribution in [3.05, 3.63) is 65.7 Å². The van der Waals surface area contributed by atoms with Gasteiger partial charge in [0, 0.05) is 30.6 Å². The maximum absolute atomic E-state index is 13.3. The van der Waals surface area contributed by atoms with Crippen molar-refractivity contribution in [3.8, 4) is 17.2 Å². The van der Waals surface area contributed by atoms with Gasteiger partial charge in [-0.05, 0) is 80.3 Å². The average molecular weight is 503 g/mol. The van der Waals surface area contributed by atoms with E-state index in [4.69, 9.17) is 14.2 Å². The van der Waals surface area contributed by atoms with E-state index in [9.17, 15) is 4.79 Å². The lowest BCUT2D eigenvalue weighted by Gasteiger charge is -2.37. The molecular weight excluding hydrogens is 464 g/mol. The van der Waals surface area contributed by atoms with Crippen molar-refractivity contribution >= 4 is 16.7 Å². The van der Waals surface area contributed by atoms with Crippen LogP contribution in [0.4, 0.5) is 0 Å². The fourth-order valence-electron chi connectivity index (χ4n) is 5.78. The van der Waals surface area contributed by atoms with Crippen molar-refractivity contribution in [2.45, 2.75) is 32.1 Å². The molecular formula is C31H38N2O4. The molecule has 0 radical (unpaired) electrons. The van der Waals surface area contributed by atoms with E-state index < -0.39 is 0 Å². The molecule has 3 aromatic rings. The summed E-state index contributed by atoms with van der Waals surface area (Å²) in [5.74, 6) is 2.91. The van der Waals surface area contributed by atoms with E-state index in [0.29, 0.717) is 17.4 Å². The van der Waals surface area contributed by atoms with E-state index in [1.54, 1.807) is 14.2 Å². The summed E-state index contributed by atoms with van der Waals surface area (Å²) in [6.07, 6.45) is 5.39. The molecule has 1 saturated heterocycles. The van der Waals surface area contributed by atoms with Crippen LogP contribution in [0, 0.1) is 5.92 Å². The third kappa shape index (κ3) is 5.85. The molecule has 3 aromatic carbocycles. The van der Waals surface area contributed by atoms with Crippen LogP contribution in [0.1, 0.15) is 41.6 Å². The number of unbranched alkanes of at least 4 members (excludes halogenated alkanes) is 1. The molecule has 0 spiro atoms. The lowest BCUT2D eigenvalue weighted by atomic mass is 9.94. The van der Waals surface area contributed by atoms with Gasteiger partial charge in [0.2, 0.25) is 0 Å². The van der Waals surface area contributed by atoms with Gasteiger partial charge in [-0.15, -0.1) is 0 Å². The highest BCUT2D eigenvalue weighted by molar-refractivity contribution is 5.97. The Morgan fingerprint density at radius 2 is 1.73 bits per heavy atom. The van der Waals surface area contributed by atoms with Crippen LogP contribution in [0.2, 0.25) is 0 Å². The summed E-state index contributed by atoms with van der Waals surface area (Å²) in [4.78, 5) is 17.9. The Labute approximate surface area is 220 Å². The van der Waals surface area contributed by atoms with E-state index in [1.165, 1.54) is 23.6 Å². The Hall–Kier alpha value is -3.25. The summed E-state index contributed by atoms with van der Waals surface area (Å²) < 4.78 is 17.0. The SMILES string of the molecule is COc1cc2c(cc1OC)C(=O)N(CC1CCCN(CCCCOc3cccc4ccccc34)C1)CC2. The minimum Gasteiger partial charge on any atom is -0.493 e. The molecule has 1 amide bonds. The van der Waals surface area contributed by atoms with E-state index in [0.717, 1.165) is 75.5 Å². The van der Waals surface area contributed by atoms with Crippen molar-refractivity contribution in [1.82, 2.24) is 9.80 Å². The maximum atomic E-state index is 13.3. The fourth-order valence-corrected chi connectivity index (χ4v) is 5.78. The molecule has 6 heteroatoms. The summed E-state index contributed by atoms with van der Waals surface area (Å²) in [6, 6.07) is 18.4. The predicted octanol–water partition coefficient (Wildman–Crippen LogP) is 5.43. The molecule has 0 aliphatic carbocycles. The average Bonchev–Trinajstić information content (AvgIpc) is 2.94. The van der Waals surface area contributed by atoms with Gasteiger partial charge < -0.3 is 24.0 Å². The Kier molecular flexibility index (Phi) is 8.15. The summed E-state index contributed by atoms with van der Waals surface area (Å²) in [5.41, 5.74) is 1.80. The van der Waals surface area contributed by atoms with Crippen molar-refractivity contribution < 1.29 is 19.0 Å². The van der Waals surface area contributed by atoms with Crippen LogP contribution >= 0.6 is 0 Å². The zero-order chi connectivity index (χ0) is 25.6. The monoisotopic (exact) mass is 502 g/mol. The Balaban J connectivity index is 1.08. The van der Waals surface area contributed by atoms with E-state index in [1.807, 2.05) is 17.0 Å². The molecule has 2 heterocycles. The number of methoxy groups -OCH3 is 2. The van der Waals surface area contributed by atoms with E-state index in [2.05, 4.69) is 47.4 Å². The van der Waals surface area contributed by atoms with Crippen molar-refractivity contribution in [2.75, 3.05) is 53.6 Å². The number of hydrogen-bond acceptors (Lipinski definition) is 5. The predicted molar refractivity (Wildman–Crippen MR) is 147 cm³/mol. The highest BCUT2D eigenvalue weighted by Crippen LogP contribution is 2.34. The van der Waals surface area contributed by atoms with Gasteiger partial charge in [0.25, 0.3) is 5.91 Å². The molecule has 37 heavy (non-hydrogen) atoms. The van der Waals surface area contributed by atoms with Crippen LogP contribution in [-0.4, -0.2) is 69.3 Å². The molecule has 0 N–H and O–H groups in total. The molecule has 1 unspecified atom stereocenters. The Bertz CT molecular complexity index is 1220. The van der Waals surface area contributed by atoms with Gasteiger partial charge in [0.05, 0.1) is 20.8 Å². The zero-order valence-electron chi connectivity index (χ0n) is 22.1. The highest BCUT2D eigenvalue weighted by atomic mass is 16.5. The number of fused-ring (bicyclic) bond motifs is 2.